The summed E-state index contributed by atoms with van der Waals surface area (Å²) in [7, 11) is 1.55. The van der Waals surface area contributed by atoms with Crippen LogP contribution < -0.4 is 4.74 Å². The maximum absolute atomic E-state index is 12.8. The standard InChI is InChI=1S/C21H24O3S/c1-13-17-12-21(2,3)10-9-16(17)20(25-13)18(23)8-6-14-5-7-15(22)11-19(14)24-4/h5-8,11,22H,9-10,12H2,1-4H3/b8-6+. The van der Waals surface area contributed by atoms with Gasteiger partial charge < -0.3 is 9.84 Å². The Labute approximate surface area is 153 Å². The highest BCUT2D eigenvalue weighted by Crippen LogP contribution is 2.41. The van der Waals surface area contributed by atoms with Crippen molar-refractivity contribution in [1.82, 2.24) is 0 Å². The Morgan fingerprint density at radius 1 is 1.32 bits per heavy atom. The zero-order valence-electron chi connectivity index (χ0n) is 15.2. The number of phenolic OH excluding ortho intramolecular Hbond substituents is 1. The number of rotatable bonds is 4. The number of carbonyl (C=O) groups is 1. The highest BCUT2D eigenvalue weighted by molar-refractivity contribution is 7.14. The molecule has 0 fully saturated rings. The number of thiophene rings is 1. The van der Waals surface area contributed by atoms with Gasteiger partial charge >= 0.3 is 0 Å². The maximum Gasteiger partial charge on any atom is 0.196 e. The zero-order valence-corrected chi connectivity index (χ0v) is 16.0. The molecule has 132 valence electrons. The molecule has 0 saturated heterocycles. The molecule has 0 bridgehead atoms. The van der Waals surface area contributed by atoms with Crippen molar-refractivity contribution in [2.75, 3.05) is 7.11 Å². The van der Waals surface area contributed by atoms with Crippen molar-refractivity contribution in [3.63, 3.8) is 0 Å². The number of aromatic hydroxyl groups is 1. The Balaban J connectivity index is 1.88. The molecule has 3 nitrogen and oxygen atoms in total. The summed E-state index contributed by atoms with van der Waals surface area (Å²) < 4.78 is 5.26. The number of allylic oxidation sites excluding steroid dienone is 1. The molecule has 1 aromatic heterocycles. The number of ether oxygens (including phenoxy) is 1. The number of benzene rings is 1. The third-order valence-corrected chi connectivity index (χ3v) is 6.09. The lowest BCUT2D eigenvalue weighted by atomic mass is 9.74. The molecule has 2 aromatic rings. The average molecular weight is 356 g/mol. The summed E-state index contributed by atoms with van der Waals surface area (Å²) in [6.45, 7) is 6.71. The molecule has 25 heavy (non-hydrogen) atoms. The minimum atomic E-state index is 0.0455. The minimum Gasteiger partial charge on any atom is -0.508 e. The number of ketones is 1. The van der Waals surface area contributed by atoms with E-state index in [1.807, 2.05) is 0 Å². The van der Waals surface area contributed by atoms with Crippen LogP contribution in [0.3, 0.4) is 0 Å². The molecule has 1 heterocycles. The van der Waals surface area contributed by atoms with E-state index in [1.54, 1.807) is 48.8 Å². The Bertz CT molecular complexity index is 843. The van der Waals surface area contributed by atoms with E-state index in [0.717, 1.165) is 29.7 Å². The SMILES string of the molecule is COc1cc(O)ccc1/C=C/C(=O)c1sc(C)c2c1CCC(C)(C)C2. The fraction of sp³-hybridized carbons (Fsp3) is 0.381. The summed E-state index contributed by atoms with van der Waals surface area (Å²) in [6.07, 6.45) is 6.51. The summed E-state index contributed by atoms with van der Waals surface area (Å²) >= 11 is 1.61. The second-order valence-electron chi connectivity index (χ2n) is 7.41. The van der Waals surface area contributed by atoms with Gasteiger partial charge in [-0.15, -0.1) is 11.3 Å². The predicted molar refractivity (Wildman–Crippen MR) is 103 cm³/mol. The van der Waals surface area contributed by atoms with Crippen LogP contribution in [0.1, 0.15) is 51.5 Å². The smallest absolute Gasteiger partial charge is 0.196 e. The lowest BCUT2D eigenvalue weighted by Gasteiger charge is -2.30. The lowest BCUT2D eigenvalue weighted by Crippen LogP contribution is -2.22. The molecular formula is C21H24O3S. The number of hydrogen-bond acceptors (Lipinski definition) is 4. The van der Waals surface area contributed by atoms with Crippen LogP contribution in [-0.2, 0) is 12.8 Å². The van der Waals surface area contributed by atoms with Crippen LogP contribution in [0.2, 0.25) is 0 Å². The average Bonchev–Trinajstić information content (AvgIpc) is 2.88. The van der Waals surface area contributed by atoms with Crippen molar-refractivity contribution in [2.24, 2.45) is 5.41 Å². The van der Waals surface area contributed by atoms with Crippen LogP contribution in [0.15, 0.2) is 24.3 Å². The fourth-order valence-corrected chi connectivity index (χ4v) is 4.57. The Hall–Kier alpha value is -2.07. The molecule has 3 rings (SSSR count). The van der Waals surface area contributed by atoms with Gasteiger partial charge in [0.1, 0.15) is 11.5 Å². The van der Waals surface area contributed by atoms with Gasteiger partial charge in [0, 0.05) is 16.5 Å². The van der Waals surface area contributed by atoms with Gasteiger partial charge in [0.15, 0.2) is 5.78 Å². The van der Waals surface area contributed by atoms with Crippen LogP contribution in [0.4, 0.5) is 0 Å². The first-order chi connectivity index (χ1) is 11.8. The molecule has 0 spiro atoms. The monoisotopic (exact) mass is 356 g/mol. The first-order valence-corrected chi connectivity index (χ1v) is 9.33. The van der Waals surface area contributed by atoms with E-state index in [9.17, 15) is 9.90 Å². The van der Waals surface area contributed by atoms with Gasteiger partial charge in [0.05, 0.1) is 12.0 Å². The Kier molecular flexibility index (Phi) is 4.74. The number of aryl methyl sites for hydroxylation is 1. The Morgan fingerprint density at radius 3 is 2.80 bits per heavy atom. The third kappa shape index (κ3) is 3.64. The molecule has 1 aromatic carbocycles. The van der Waals surface area contributed by atoms with Gasteiger partial charge in [-0.05, 0) is 67.0 Å². The summed E-state index contributed by atoms with van der Waals surface area (Å²) in [5.41, 5.74) is 3.71. The number of methoxy groups -OCH3 is 1. The highest BCUT2D eigenvalue weighted by atomic mass is 32.1. The van der Waals surface area contributed by atoms with Gasteiger partial charge in [-0.1, -0.05) is 13.8 Å². The predicted octanol–water partition coefficient (Wildman–Crippen LogP) is 5.18. The normalized spacial score (nSPS) is 16.0. The molecule has 0 saturated carbocycles. The number of hydrogen-bond donors (Lipinski definition) is 1. The van der Waals surface area contributed by atoms with Crippen molar-refractivity contribution >= 4 is 23.2 Å². The summed E-state index contributed by atoms with van der Waals surface area (Å²) in [5, 5.41) is 9.53. The quantitative estimate of drug-likeness (QED) is 0.606. The lowest BCUT2D eigenvalue weighted by molar-refractivity contribution is 0.105. The zero-order chi connectivity index (χ0) is 18.2. The van der Waals surface area contributed by atoms with E-state index in [0.29, 0.717) is 11.2 Å². The third-order valence-electron chi connectivity index (χ3n) is 4.88. The van der Waals surface area contributed by atoms with Crippen LogP contribution in [-0.4, -0.2) is 18.0 Å². The van der Waals surface area contributed by atoms with Crippen molar-refractivity contribution in [3.05, 3.63) is 50.7 Å². The van der Waals surface area contributed by atoms with E-state index >= 15 is 0 Å². The molecule has 0 aliphatic heterocycles. The second kappa shape index (κ2) is 6.68. The molecule has 4 heteroatoms. The van der Waals surface area contributed by atoms with Crippen molar-refractivity contribution in [2.45, 2.75) is 40.0 Å². The molecule has 1 aliphatic rings. The second-order valence-corrected chi connectivity index (χ2v) is 8.63. The largest absolute Gasteiger partial charge is 0.508 e. The van der Waals surface area contributed by atoms with Gasteiger partial charge in [0.25, 0.3) is 0 Å². The van der Waals surface area contributed by atoms with Gasteiger partial charge in [-0.3, -0.25) is 4.79 Å². The number of carbonyl (C=O) groups excluding carboxylic acids is 1. The molecule has 0 radical (unpaired) electrons. The molecule has 1 aliphatic carbocycles. The van der Waals surface area contributed by atoms with E-state index in [1.165, 1.54) is 16.0 Å². The molecule has 0 amide bonds. The van der Waals surface area contributed by atoms with Crippen LogP contribution >= 0.6 is 11.3 Å². The first kappa shape index (κ1) is 17.7. The van der Waals surface area contributed by atoms with E-state index < -0.39 is 0 Å². The van der Waals surface area contributed by atoms with Gasteiger partial charge in [-0.25, -0.2) is 0 Å². The fourth-order valence-electron chi connectivity index (χ4n) is 3.43. The van der Waals surface area contributed by atoms with Crippen molar-refractivity contribution in [1.29, 1.82) is 0 Å². The molecular weight excluding hydrogens is 332 g/mol. The van der Waals surface area contributed by atoms with Crippen LogP contribution in [0, 0.1) is 12.3 Å². The Morgan fingerprint density at radius 2 is 2.08 bits per heavy atom. The van der Waals surface area contributed by atoms with E-state index in [-0.39, 0.29) is 11.5 Å². The summed E-state index contributed by atoms with van der Waals surface area (Å²) in [4.78, 5) is 14.9. The van der Waals surface area contributed by atoms with Gasteiger partial charge in [0.2, 0.25) is 0 Å². The van der Waals surface area contributed by atoms with Crippen LogP contribution in [0.25, 0.3) is 6.08 Å². The molecule has 1 N–H and O–H groups in total. The molecule has 0 atom stereocenters. The van der Waals surface area contributed by atoms with Crippen LogP contribution in [0.5, 0.6) is 11.5 Å². The number of fused-ring (bicyclic) bond motifs is 1. The maximum atomic E-state index is 12.8. The van der Waals surface area contributed by atoms with E-state index in [2.05, 4.69) is 20.8 Å². The minimum absolute atomic E-state index is 0.0455. The highest BCUT2D eigenvalue weighted by Gasteiger charge is 2.30. The number of phenols is 1. The topological polar surface area (TPSA) is 46.5 Å². The van der Waals surface area contributed by atoms with Crippen molar-refractivity contribution < 1.29 is 14.6 Å². The van der Waals surface area contributed by atoms with E-state index in [4.69, 9.17) is 4.74 Å². The summed E-state index contributed by atoms with van der Waals surface area (Å²) in [5.74, 6) is 0.741. The first-order valence-electron chi connectivity index (χ1n) is 8.51. The summed E-state index contributed by atoms with van der Waals surface area (Å²) in [6, 6.07) is 4.88. The van der Waals surface area contributed by atoms with Crippen molar-refractivity contribution in [3.8, 4) is 11.5 Å². The van der Waals surface area contributed by atoms with Gasteiger partial charge in [-0.2, -0.15) is 0 Å². The molecule has 0 unspecified atom stereocenters.